The molecule has 21 heavy (non-hydrogen) atoms. The number of benzene rings is 1. The van der Waals surface area contributed by atoms with Crippen LogP contribution in [0, 0.1) is 13.8 Å². The van der Waals surface area contributed by atoms with Crippen LogP contribution in [-0.4, -0.2) is 11.5 Å². The second-order valence-electron chi connectivity index (χ2n) is 5.31. The number of hydrogen-bond acceptors (Lipinski definition) is 3. The number of nitrogen functional groups attached to an aromatic ring is 1. The number of nitrogens with two attached hydrogens (primary N) is 1. The fourth-order valence-electron chi connectivity index (χ4n) is 2.59. The third kappa shape index (κ3) is 3.63. The van der Waals surface area contributed by atoms with E-state index < -0.39 is 0 Å². The highest BCUT2D eigenvalue weighted by atomic mass is 79.9. The van der Waals surface area contributed by atoms with Gasteiger partial charge in [0.05, 0.1) is 6.04 Å². The van der Waals surface area contributed by atoms with Gasteiger partial charge in [-0.05, 0) is 61.7 Å². The minimum Gasteiger partial charge on any atom is -0.383 e. The number of nitrogens with one attached hydrogen (secondary N) is 1. The maximum Gasteiger partial charge on any atom is 0.128 e. The highest BCUT2D eigenvalue weighted by Crippen LogP contribution is 2.31. The van der Waals surface area contributed by atoms with Gasteiger partial charge in [0.15, 0.2) is 0 Å². The van der Waals surface area contributed by atoms with Crippen molar-refractivity contribution < 1.29 is 0 Å². The molecule has 1 atom stereocenters. The standard InChI is InChI=1S/C17H22BrN3/c1-4-8-20-16(14-6-5-13(18)10-12(14)3)15-11(2)7-9-21-17(15)19/h5-7,9-10,16,20H,4,8H2,1-3H3,(H2,19,21). The molecule has 0 fully saturated rings. The van der Waals surface area contributed by atoms with Crippen molar-refractivity contribution in [2.75, 3.05) is 12.3 Å². The summed E-state index contributed by atoms with van der Waals surface area (Å²) in [5, 5.41) is 3.61. The van der Waals surface area contributed by atoms with Crippen LogP contribution in [0.3, 0.4) is 0 Å². The first-order valence-electron chi connectivity index (χ1n) is 7.25. The molecule has 0 aliphatic heterocycles. The van der Waals surface area contributed by atoms with Crippen LogP contribution in [0.1, 0.15) is 41.6 Å². The van der Waals surface area contributed by atoms with Crippen LogP contribution in [0.2, 0.25) is 0 Å². The zero-order valence-corrected chi connectivity index (χ0v) is 14.4. The van der Waals surface area contributed by atoms with Crippen molar-refractivity contribution >= 4 is 21.7 Å². The highest BCUT2D eigenvalue weighted by Gasteiger charge is 2.20. The molecule has 1 aromatic carbocycles. The second-order valence-corrected chi connectivity index (χ2v) is 6.23. The first-order chi connectivity index (χ1) is 10.0. The lowest BCUT2D eigenvalue weighted by molar-refractivity contribution is 0.594. The van der Waals surface area contributed by atoms with Crippen molar-refractivity contribution in [1.29, 1.82) is 0 Å². The van der Waals surface area contributed by atoms with Crippen molar-refractivity contribution in [3.63, 3.8) is 0 Å². The summed E-state index contributed by atoms with van der Waals surface area (Å²) in [6, 6.07) is 8.45. The van der Waals surface area contributed by atoms with Crippen molar-refractivity contribution in [3.8, 4) is 0 Å². The normalized spacial score (nSPS) is 12.4. The van der Waals surface area contributed by atoms with Crippen molar-refractivity contribution in [3.05, 3.63) is 57.2 Å². The van der Waals surface area contributed by atoms with E-state index in [2.05, 4.69) is 65.2 Å². The number of rotatable bonds is 5. The number of hydrogen-bond donors (Lipinski definition) is 2. The Bertz CT molecular complexity index is 605. The van der Waals surface area contributed by atoms with Crippen LogP contribution in [0.15, 0.2) is 34.9 Å². The van der Waals surface area contributed by atoms with Crippen molar-refractivity contribution in [1.82, 2.24) is 10.3 Å². The van der Waals surface area contributed by atoms with E-state index in [1.165, 1.54) is 16.7 Å². The van der Waals surface area contributed by atoms with E-state index in [0.29, 0.717) is 5.82 Å². The highest BCUT2D eigenvalue weighted by molar-refractivity contribution is 9.10. The van der Waals surface area contributed by atoms with Crippen LogP contribution in [0.5, 0.6) is 0 Å². The monoisotopic (exact) mass is 347 g/mol. The quantitative estimate of drug-likeness (QED) is 0.854. The molecule has 3 nitrogen and oxygen atoms in total. The number of pyridine rings is 1. The molecule has 3 N–H and O–H groups in total. The van der Waals surface area contributed by atoms with E-state index in [4.69, 9.17) is 5.73 Å². The summed E-state index contributed by atoms with van der Waals surface area (Å²) in [5.74, 6) is 0.603. The average Bonchev–Trinajstić information content (AvgIpc) is 2.43. The van der Waals surface area contributed by atoms with Gasteiger partial charge in [0.25, 0.3) is 0 Å². The summed E-state index contributed by atoms with van der Waals surface area (Å²) in [6.45, 7) is 7.32. The number of aryl methyl sites for hydroxylation is 2. The van der Waals surface area contributed by atoms with Gasteiger partial charge < -0.3 is 11.1 Å². The van der Waals surface area contributed by atoms with E-state index in [0.717, 1.165) is 23.0 Å². The Morgan fingerprint density at radius 1 is 1.24 bits per heavy atom. The topological polar surface area (TPSA) is 50.9 Å². The molecule has 0 spiro atoms. The molecule has 0 aliphatic rings. The Morgan fingerprint density at radius 2 is 2.00 bits per heavy atom. The average molecular weight is 348 g/mol. The zero-order chi connectivity index (χ0) is 15.4. The minimum absolute atomic E-state index is 0.0757. The van der Waals surface area contributed by atoms with Gasteiger partial charge in [-0.2, -0.15) is 0 Å². The largest absolute Gasteiger partial charge is 0.383 e. The van der Waals surface area contributed by atoms with Gasteiger partial charge in [0, 0.05) is 16.2 Å². The van der Waals surface area contributed by atoms with Crippen LogP contribution in [0.4, 0.5) is 5.82 Å². The summed E-state index contributed by atoms with van der Waals surface area (Å²) in [6.07, 6.45) is 2.84. The predicted octanol–water partition coefficient (Wildman–Crippen LogP) is 4.13. The molecule has 0 bridgehead atoms. The lowest BCUT2D eigenvalue weighted by Crippen LogP contribution is -2.26. The summed E-state index contributed by atoms with van der Waals surface area (Å²) in [5.41, 5.74) is 10.9. The summed E-state index contributed by atoms with van der Waals surface area (Å²) >= 11 is 3.53. The van der Waals surface area contributed by atoms with Gasteiger partial charge in [-0.25, -0.2) is 4.98 Å². The molecule has 1 aromatic heterocycles. The molecule has 0 aliphatic carbocycles. The van der Waals surface area contributed by atoms with Crippen molar-refractivity contribution in [2.24, 2.45) is 0 Å². The Kier molecular flexibility index (Phi) is 5.37. The first-order valence-corrected chi connectivity index (χ1v) is 8.04. The van der Waals surface area contributed by atoms with Gasteiger partial charge >= 0.3 is 0 Å². The van der Waals surface area contributed by atoms with Gasteiger partial charge in [0.2, 0.25) is 0 Å². The van der Waals surface area contributed by atoms with E-state index in [-0.39, 0.29) is 6.04 Å². The third-order valence-corrected chi connectivity index (χ3v) is 4.16. The smallest absolute Gasteiger partial charge is 0.128 e. The molecule has 4 heteroatoms. The molecule has 112 valence electrons. The molecule has 0 amide bonds. The summed E-state index contributed by atoms with van der Waals surface area (Å²) < 4.78 is 1.09. The second kappa shape index (κ2) is 7.05. The van der Waals surface area contributed by atoms with Crippen LogP contribution < -0.4 is 11.1 Å². The zero-order valence-electron chi connectivity index (χ0n) is 12.8. The molecule has 0 saturated carbocycles. The van der Waals surface area contributed by atoms with E-state index in [1.807, 2.05) is 6.07 Å². The number of anilines is 1. The Hall–Kier alpha value is -1.39. The maximum absolute atomic E-state index is 6.15. The van der Waals surface area contributed by atoms with Gasteiger partial charge in [0.1, 0.15) is 5.82 Å². The summed E-state index contributed by atoms with van der Waals surface area (Å²) in [4.78, 5) is 4.27. The fraction of sp³-hybridized carbons (Fsp3) is 0.353. The summed E-state index contributed by atoms with van der Waals surface area (Å²) in [7, 11) is 0. The Balaban J connectivity index is 2.52. The molecule has 0 radical (unpaired) electrons. The minimum atomic E-state index is 0.0757. The molecule has 2 rings (SSSR count). The van der Waals surface area contributed by atoms with Crippen LogP contribution in [0.25, 0.3) is 0 Å². The SMILES string of the molecule is CCCNC(c1ccc(Br)cc1C)c1c(C)ccnc1N. The van der Waals surface area contributed by atoms with Crippen molar-refractivity contribution in [2.45, 2.75) is 33.2 Å². The third-order valence-electron chi connectivity index (χ3n) is 3.67. The molecule has 2 aromatic rings. The molecular formula is C17H22BrN3. The Labute approximate surface area is 135 Å². The predicted molar refractivity (Wildman–Crippen MR) is 92.4 cm³/mol. The fourth-order valence-corrected chi connectivity index (χ4v) is 3.06. The lowest BCUT2D eigenvalue weighted by atomic mass is 9.92. The van der Waals surface area contributed by atoms with E-state index >= 15 is 0 Å². The van der Waals surface area contributed by atoms with E-state index in [9.17, 15) is 0 Å². The number of halogens is 1. The lowest BCUT2D eigenvalue weighted by Gasteiger charge is -2.24. The number of nitrogens with zero attached hydrogens (tertiary/aromatic N) is 1. The van der Waals surface area contributed by atoms with Gasteiger partial charge in [-0.3, -0.25) is 0 Å². The number of aromatic nitrogens is 1. The molecule has 1 unspecified atom stereocenters. The van der Waals surface area contributed by atoms with Crippen LogP contribution in [-0.2, 0) is 0 Å². The van der Waals surface area contributed by atoms with E-state index in [1.54, 1.807) is 6.20 Å². The molecule has 0 saturated heterocycles. The van der Waals surface area contributed by atoms with Crippen LogP contribution >= 0.6 is 15.9 Å². The molecule has 1 heterocycles. The molecular weight excluding hydrogens is 326 g/mol. The van der Waals surface area contributed by atoms with Gasteiger partial charge in [-0.15, -0.1) is 0 Å². The maximum atomic E-state index is 6.15. The first kappa shape index (κ1) is 16.0. The van der Waals surface area contributed by atoms with Gasteiger partial charge in [-0.1, -0.05) is 28.9 Å². The Morgan fingerprint density at radius 3 is 2.62 bits per heavy atom.